The van der Waals surface area contributed by atoms with E-state index in [4.69, 9.17) is 4.74 Å². The van der Waals surface area contributed by atoms with E-state index in [1.807, 2.05) is 56.7 Å². The van der Waals surface area contributed by atoms with E-state index in [0.29, 0.717) is 0 Å². The number of aromatic amines is 1. The molecule has 5 aromatic rings. The summed E-state index contributed by atoms with van der Waals surface area (Å²) in [6, 6.07) is 19.1. The fourth-order valence-corrected chi connectivity index (χ4v) is 4.95. The molecule has 6 rings (SSSR count). The number of pyridine rings is 2. The highest BCUT2D eigenvalue weighted by Gasteiger charge is 2.20. The van der Waals surface area contributed by atoms with Crippen molar-refractivity contribution >= 4 is 21.8 Å². The Bertz CT molecular complexity index is 1620. The number of hydrogen-bond donors (Lipinski definition) is 1. The number of aromatic nitrogens is 4. The first-order valence-electron chi connectivity index (χ1n) is 12.6. The predicted octanol–water partition coefficient (Wildman–Crippen LogP) is 5.47. The minimum atomic E-state index is -0.540. The van der Waals surface area contributed by atoms with Gasteiger partial charge in [0.2, 0.25) is 0 Å². The molecule has 0 aliphatic carbocycles. The third-order valence-corrected chi connectivity index (χ3v) is 7.19. The lowest BCUT2D eigenvalue weighted by Gasteiger charge is -2.26. The van der Waals surface area contributed by atoms with E-state index in [-0.39, 0.29) is 0 Å². The number of ether oxygens (including phenoxy) is 1. The van der Waals surface area contributed by atoms with Crippen molar-refractivity contribution in [3.63, 3.8) is 0 Å². The number of rotatable bonds is 5. The van der Waals surface area contributed by atoms with Crippen LogP contribution in [0.3, 0.4) is 0 Å². The summed E-state index contributed by atoms with van der Waals surface area (Å²) in [6.07, 6.45) is 5.71. The zero-order valence-corrected chi connectivity index (χ0v) is 21.0. The van der Waals surface area contributed by atoms with Crippen LogP contribution in [-0.4, -0.2) is 51.4 Å². The van der Waals surface area contributed by atoms with Crippen molar-refractivity contribution in [3.05, 3.63) is 78.2 Å². The van der Waals surface area contributed by atoms with Gasteiger partial charge in [-0.3, -0.25) is 20.0 Å². The minimum absolute atomic E-state index is 0.540. The number of hydrogen-bond acceptors (Lipinski definition) is 6. The van der Waals surface area contributed by atoms with Gasteiger partial charge in [-0.1, -0.05) is 30.3 Å². The molecule has 0 saturated carbocycles. The molecule has 4 heterocycles. The molecule has 1 aliphatic heterocycles. The Balaban J connectivity index is 1.40. The molecule has 1 N–H and O–H groups in total. The molecule has 2 aromatic carbocycles. The second kappa shape index (κ2) is 9.40. The van der Waals surface area contributed by atoms with Gasteiger partial charge in [0.05, 0.1) is 41.9 Å². The van der Waals surface area contributed by atoms with Gasteiger partial charge < -0.3 is 4.74 Å². The molecule has 7 nitrogen and oxygen atoms in total. The van der Waals surface area contributed by atoms with Gasteiger partial charge in [0.15, 0.2) is 0 Å². The summed E-state index contributed by atoms with van der Waals surface area (Å²) in [5.41, 5.74) is 7.49. The first-order chi connectivity index (χ1) is 18.0. The molecular weight excluding hydrogens is 460 g/mol. The fourth-order valence-electron chi connectivity index (χ4n) is 4.95. The van der Waals surface area contributed by atoms with Crippen LogP contribution in [0, 0.1) is 11.3 Å². The fraction of sp³-hybridized carbons (Fsp3) is 0.267. The highest BCUT2D eigenvalue weighted by molar-refractivity contribution is 6.11. The van der Waals surface area contributed by atoms with E-state index in [1.54, 1.807) is 0 Å². The van der Waals surface area contributed by atoms with Crippen LogP contribution in [-0.2, 0) is 16.7 Å². The van der Waals surface area contributed by atoms with Crippen molar-refractivity contribution in [1.29, 1.82) is 5.26 Å². The molecule has 0 amide bonds. The number of nitrogens with one attached hydrogen (secondary N) is 1. The first-order valence-corrected chi connectivity index (χ1v) is 12.6. The lowest BCUT2D eigenvalue weighted by atomic mass is 9.86. The summed E-state index contributed by atoms with van der Waals surface area (Å²) in [4.78, 5) is 11.6. The minimum Gasteiger partial charge on any atom is -0.379 e. The molecule has 1 fully saturated rings. The van der Waals surface area contributed by atoms with E-state index in [1.165, 1.54) is 5.56 Å². The maximum atomic E-state index is 9.49. The van der Waals surface area contributed by atoms with E-state index in [9.17, 15) is 5.26 Å². The quantitative estimate of drug-likeness (QED) is 0.353. The lowest BCUT2D eigenvalue weighted by Crippen LogP contribution is -2.35. The van der Waals surface area contributed by atoms with Gasteiger partial charge in [0, 0.05) is 53.9 Å². The smallest absolute Gasteiger partial charge is 0.101 e. The number of nitriles is 1. The highest BCUT2D eigenvalue weighted by atomic mass is 16.5. The molecule has 1 aliphatic rings. The average molecular weight is 489 g/mol. The number of H-pyrrole nitrogens is 1. The number of benzene rings is 2. The summed E-state index contributed by atoms with van der Waals surface area (Å²) in [5, 5.41) is 19.4. The summed E-state index contributed by atoms with van der Waals surface area (Å²) in [5.74, 6) is 0. The Morgan fingerprint density at radius 2 is 1.76 bits per heavy atom. The van der Waals surface area contributed by atoms with Crippen molar-refractivity contribution in [3.8, 4) is 28.5 Å². The zero-order valence-electron chi connectivity index (χ0n) is 21.0. The van der Waals surface area contributed by atoms with Gasteiger partial charge in [0.25, 0.3) is 0 Å². The molecule has 0 bridgehead atoms. The van der Waals surface area contributed by atoms with Crippen LogP contribution in [0.2, 0.25) is 0 Å². The normalized spacial score (nSPS) is 14.7. The first kappa shape index (κ1) is 23.3. The van der Waals surface area contributed by atoms with Gasteiger partial charge in [-0.15, -0.1) is 0 Å². The third-order valence-electron chi connectivity index (χ3n) is 7.19. The Morgan fingerprint density at radius 1 is 0.973 bits per heavy atom. The van der Waals surface area contributed by atoms with Gasteiger partial charge in [0.1, 0.15) is 5.69 Å². The van der Waals surface area contributed by atoms with Crippen molar-refractivity contribution in [2.75, 3.05) is 26.3 Å². The summed E-state index contributed by atoms with van der Waals surface area (Å²) in [7, 11) is 0. The van der Waals surface area contributed by atoms with Crippen molar-refractivity contribution in [2.45, 2.75) is 25.8 Å². The largest absolute Gasteiger partial charge is 0.379 e. The maximum Gasteiger partial charge on any atom is 0.101 e. The third kappa shape index (κ3) is 4.46. The molecular formula is C30H28N6O. The van der Waals surface area contributed by atoms with Gasteiger partial charge in [-0.05, 0) is 48.7 Å². The van der Waals surface area contributed by atoms with E-state index in [0.717, 1.165) is 82.6 Å². The molecule has 184 valence electrons. The molecule has 0 radical (unpaired) electrons. The molecule has 0 spiro atoms. The predicted molar refractivity (Wildman–Crippen MR) is 145 cm³/mol. The number of morpholine rings is 1. The second-order valence-corrected chi connectivity index (χ2v) is 10.1. The Morgan fingerprint density at radius 3 is 2.54 bits per heavy atom. The summed E-state index contributed by atoms with van der Waals surface area (Å²) in [6.45, 7) is 8.19. The van der Waals surface area contributed by atoms with Gasteiger partial charge in [-0.25, -0.2) is 0 Å². The topological polar surface area (TPSA) is 90.7 Å². The molecule has 3 aromatic heterocycles. The molecule has 1 saturated heterocycles. The average Bonchev–Trinajstić information content (AvgIpc) is 3.38. The van der Waals surface area contributed by atoms with E-state index in [2.05, 4.69) is 55.4 Å². The van der Waals surface area contributed by atoms with E-state index < -0.39 is 5.41 Å². The molecule has 0 unspecified atom stereocenters. The maximum absolute atomic E-state index is 9.49. The van der Waals surface area contributed by atoms with Crippen LogP contribution < -0.4 is 0 Å². The van der Waals surface area contributed by atoms with Crippen LogP contribution in [0.5, 0.6) is 0 Å². The summed E-state index contributed by atoms with van der Waals surface area (Å²) >= 11 is 0. The van der Waals surface area contributed by atoms with Crippen molar-refractivity contribution in [2.24, 2.45) is 0 Å². The van der Waals surface area contributed by atoms with Crippen LogP contribution in [0.1, 0.15) is 25.0 Å². The molecule has 7 heteroatoms. The number of nitrogens with zero attached hydrogens (tertiary/aromatic N) is 5. The van der Waals surface area contributed by atoms with Crippen molar-refractivity contribution in [1.82, 2.24) is 25.1 Å². The lowest BCUT2D eigenvalue weighted by molar-refractivity contribution is 0.0341. The Kier molecular flexibility index (Phi) is 5.91. The summed E-state index contributed by atoms with van der Waals surface area (Å²) < 4.78 is 5.48. The zero-order chi connectivity index (χ0) is 25.4. The monoisotopic (exact) mass is 488 g/mol. The standard InChI is InChI=1S/C30H28N6O/c1-30(2,19-31)24-6-3-21(4-7-24)29-28-25-14-22(5-8-26(25)33-17-27(28)34-35-29)23-13-20(15-32-16-23)18-36-9-11-37-12-10-36/h3-8,13-17H,9-12,18H2,1-2H3,(H,34,35). The van der Waals surface area contributed by atoms with Gasteiger partial charge in [-0.2, -0.15) is 10.4 Å². The highest BCUT2D eigenvalue weighted by Crippen LogP contribution is 2.35. The number of fused-ring (bicyclic) bond motifs is 3. The SMILES string of the molecule is CC(C)(C#N)c1ccc(-c2n[nH]c3cnc4ccc(-c5cncc(CN6CCOCC6)c5)cc4c23)cc1. The molecule has 37 heavy (non-hydrogen) atoms. The van der Waals surface area contributed by atoms with Crippen molar-refractivity contribution < 1.29 is 4.74 Å². The van der Waals surface area contributed by atoms with Crippen LogP contribution in [0.4, 0.5) is 0 Å². The van der Waals surface area contributed by atoms with Crippen LogP contribution >= 0.6 is 0 Å². The van der Waals surface area contributed by atoms with Gasteiger partial charge >= 0.3 is 0 Å². The second-order valence-electron chi connectivity index (χ2n) is 10.1. The van der Waals surface area contributed by atoms with Crippen LogP contribution in [0.25, 0.3) is 44.2 Å². The Labute approximate surface area is 215 Å². The molecule has 0 atom stereocenters. The van der Waals surface area contributed by atoms with E-state index >= 15 is 0 Å². The van der Waals surface area contributed by atoms with Crippen LogP contribution in [0.15, 0.2) is 67.1 Å². The Hall–Kier alpha value is -4.12.